The van der Waals surface area contributed by atoms with Gasteiger partial charge >= 0.3 is 6.18 Å². The van der Waals surface area contributed by atoms with Gasteiger partial charge in [0, 0.05) is 11.4 Å². The van der Waals surface area contributed by atoms with Crippen molar-refractivity contribution in [1.29, 1.82) is 0 Å². The van der Waals surface area contributed by atoms with E-state index < -0.39 is 17.6 Å². The van der Waals surface area contributed by atoms with Crippen LogP contribution in [0.2, 0.25) is 0 Å². The normalized spacial score (nSPS) is 11.1. The van der Waals surface area contributed by atoms with E-state index in [1.807, 2.05) is 32.0 Å². The minimum Gasteiger partial charge on any atom is -0.325 e. The zero-order valence-electron chi connectivity index (χ0n) is 14.8. The highest BCUT2D eigenvalue weighted by molar-refractivity contribution is 8.00. The summed E-state index contributed by atoms with van der Waals surface area (Å²) in [6.45, 7) is 3.84. The number of thioether (sulfide) groups is 1. The third-order valence-electron chi connectivity index (χ3n) is 3.60. The lowest BCUT2D eigenvalue weighted by atomic mass is 10.1. The van der Waals surface area contributed by atoms with E-state index in [1.165, 1.54) is 12.1 Å². The molecule has 2 rings (SSSR count). The van der Waals surface area contributed by atoms with Crippen molar-refractivity contribution in [3.63, 3.8) is 0 Å². The van der Waals surface area contributed by atoms with E-state index in [1.54, 1.807) is 0 Å². The summed E-state index contributed by atoms with van der Waals surface area (Å²) < 4.78 is 38.0. The fraction of sp³-hybridized carbons (Fsp3) is 0.263. The fourth-order valence-corrected chi connectivity index (χ4v) is 2.96. The molecule has 0 heterocycles. The van der Waals surface area contributed by atoms with Crippen LogP contribution in [0, 0.1) is 13.8 Å². The number of halogens is 3. The quantitative estimate of drug-likeness (QED) is 0.748. The van der Waals surface area contributed by atoms with Crippen molar-refractivity contribution >= 4 is 35.0 Å². The molecule has 8 heteroatoms. The Morgan fingerprint density at radius 3 is 2.26 bits per heavy atom. The van der Waals surface area contributed by atoms with E-state index in [-0.39, 0.29) is 23.1 Å². The topological polar surface area (TPSA) is 58.2 Å². The van der Waals surface area contributed by atoms with Gasteiger partial charge < -0.3 is 10.6 Å². The Hall–Kier alpha value is -2.48. The molecule has 0 unspecified atom stereocenters. The van der Waals surface area contributed by atoms with Crippen LogP contribution in [0.25, 0.3) is 0 Å². The van der Waals surface area contributed by atoms with E-state index in [9.17, 15) is 22.8 Å². The molecule has 0 atom stereocenters. The lowest BCUT2D eigenvalue weighted by Crippen LogP contribution is -2.19. The summed E-state index contributed by atoms with van der Waals surface area (Å²) in [5.74, 6) is -0.711. The number of alkyl halides is 3. The van der Waals surface area contributed by atoms with E-state index >= 15 is 0 Å². The highest BCUT2D eigenvalue weighted by Gasteiger charge is 2.30. The molecular weight excluding hydrogens is 377 g/mol. The zero-order valence-corrected chi connectivity index (χ0v) is 15.6. The first-order chi connectivity index (χ1) is 12.6. The molecule has 2 aromatic carbocycles. The van der Waals surface area contributed by atoms with Crippen molar-refractivity contribution < 1.29 is 22.8 Å². The van der Waals surface area contributed by atoms with Crippen molar-refractivity contribution in [2.24, 2.45) is 0 Å². The van der Waals surface area contributed by atoms with Crippen LogP contribution in [-0.4, -0.2) is 23.3 Å². The largest absolute Gasteiger partial charge is 0.416 e. The number of carbonyl (C=O) groups is 2. The smallest absolute Gasteiger partial charge is 0.325 e. The molecule has 4 nitrogen and oxygen atoms in total. The van der Waals surface area contributed by atoms with Gasteiger partial charge in [0.15, 0.2) is 0 Å². The number of benzene rings is 2. The lowest BCUT2D eigenvalue weighted by Gasteiger charge is -2.10. The van der Waals surface area contributed by atoms with Crippen molar-refractivity contribution in [2.45, 2.75) is 20.0 Å². The summed E-state index contributed by atoms with van der Waals surface area (Å²) in [5.41, 5.74) is 1.97. The second-order valence-corrected chi connectivity index (χ2v) is 6.97. The van der Waals surface area contributed by atoms with Crippen LogP contribution in [-0.2, 0) is 15.8 Å². The van der Waals surface area contributed by atoms with Crippen molar-refractivity contribution in [2.75, 3.05) is 22.1 Å². The highest BCUT2D eigenvalue weighted by atomic mass is 32.2. The van der Waals surface area contributed by atoms with Crippen molar-refractivity contribution in [3.05, 3.63) is 59.2 Å². The standard InChI is InChI=1S/C19H19F3N2O2S/c1-12-6-7-16(13(2)8-12)24-18(26)11-27-10-17(25)23-15-5-3-4-14(9-15)19(20,21)22/h3-9H,10-11H2,1-2H3,(H,23,25)(H,24,26). The maximum atomic E-state index is 12.7. The van der Waals surface area contributed by atoms with Gasteiger partial charge in [-0.05, 0) is 43.7 Å². The van der Waals surface area contributed by atoms with E-state index in [4.69, 9.17) is 0 Å². The lowest BCUT2D eigenvalue weighted by molar-refractivity contribution is -0.137. The minimum atomic E-state index is -4.47. The molecule has 144 valence electrons. The summed E-state index contributed by atoms with van der Waals surface area (Å²) >= 11 is 1.08. The molecule has 27 heavy (non-hydrogen) atoms. The SMILES string of the molecule is Cc1ccc(NC(=O)CSCC(=O)Nc2cccc(C(F)(F)F)c2)c(C)c1. The van der Waals surface area contributed by atoms with Gasteiger partial charge in [-0.1, -0.05) is 23.8 Å². The van der Waals surface area contributed by atoms with Crippen molar-refractivity contribution in [3.8, 4) is 0 Å². The van der Waals surface area contributed by atoms with Crippen LogP contribution in [0.3, 0.4) is 0 Å². The summed E-state index contributed by atoms with van der Waals surface area (Å²) in [5, 5.41) is 5.17. The molecule has 0 saturated heterocycles. The predicted octanol–water partition coefficient (Wildman–Crippen LogP) is 4.63. The van der Waals surface area contributed by atoms with Gasteiger partial charge in [-0.25, -0.2) is 0 Å². The Balaban J connectivity index is 1.80. The number of hydrogen-bond acceptors (Lipinski definition) is 3. The molecule has 0 bridgehead atoms. The number of aryl methyl sites for hydroxylation is 2. The van der Waals surface area contributed by atoms with Crippen LogP contribution in [0.15, 0.2) is 42.5 Å². The maximum Gasteiger partial charge on any atom is 0.416 e. The third kappa shape index (κ3) is 6.63. The van der Waals surface area contributed by atoms with E-state index in [2.05, 4.69) is 10.6 Å². The number of hydrogen-bond donors (Lipinski definition) is 2. The molecule has 2 aromatic rings. The molecule has 0 saturated carbocycles. The zero-order chi connectivity index (χ0) is 20.0. The Morgan fingerprint density at radius 2 is 1.63 bits per heavy atom. The first kappa shape index (κ1) is 20.8. The molecule has 0 spiro atoms. The monoisotopic (exact) mass is 396 g/mol. The number of carbonyl (C=O) groups excluding carboxylic acids is 2. The van der Waals surface area contributed by atoms with Crippen molar-refractivity contribution in [1.82, 2.24) is 0 Å². The van der Waals surface area contributed by atoms with Crippen LogP contribution in [0.4, 0.5) is 24.5 Å². The molecule has 0 aliphatic heterocycles. The molecule has 0 radical (unpaired) electrons. The van der Waals surface area contributed by atoms with Crippen LogP contribution < -0.4 is 10.6 Å². The Labute approximate surface area is 159 Å². The maximum absolute atomic E-state index is 12.7. The fourth-order valence-electron chi connectivity index (χ4n) is 2.35. The molecule has 0 aliphatic rings. The molecular formula is C19H19F3N2O2S. The van der Waals surface area contributed by atoms with E-state index in [0.717, 1.165) is 35.0 Å². The van der Waals surface area contributed by atoms with Gasteiger partial charge in [-0.2, -0.15) is 13.2 Å². The number of rotatable bonds is 6. The summed E-state index contributed by atoms with van der Waals surface area (Å²) in [6.07, 6.45) is -4.47. The number of anilines is 2. The molecule has 2 amide bonds. The molecule has 0 aromatic heterocycles. The van der Waals surface area contributed by atoms with Crippen LogP contribution in [0.5, 0.6) is 0 Å². The molecule has 0 fully saturated rings. The average Bonchev–Trinajstić information content (AvgIpc) is 2.57. The first-order valence-corrected chi connectivity index (χ1v) is 9.22. The predicted molar refractivity (Wildman–Crippen MR) is 102 cm³/mol. The number of amides is 2. The summed E-state index contributed by atoms with van der Waals surface area (Å²) in [7, 11) is 0. The second-order valence-electron chi connectivity index (χ2n) is 5.99. The summed E-state index contributed by atoms with van der Waals surface area (Å²) in [4.78, 5) is 23.8. The molecule has 0 aliphatic carbocycles. The second kappa shape index (κ2) is 8.94. The van der Waals surface area contributed by atoms with Gasteiger partial charge in [-0.3, -0.25) is 9.59 Å². The third-order valence-corrected chi connectivity index (χ3v) is 4.53. The Kier molecular flexibility index (Phi) is 6.90. The Bertz CT molecular complexity index is 838. The molecule has 2 N–H and O–H groups in total. The van der Waals surface area contributed by atoms with Crippen LogP contribution >= 0.6 is 11.8 Å². The minimum absolute atomic E-state index is 0.0451. The first-order valence-electron chi connectivity index (χ1n) is 8.07. The Morgan fingerprint density at radius 1 is 0.963 bits per heavy atom. The van der Waals surface area contributed by atoms with E-state index in [0.29, 0.717) is 5.69 Å². The average molecular weight is 396 g/mol. The van der Waals surface area contributed by atoms with Crippen LogP contribution in [0.1, 0.15) is 16.7 Å². The number of nitrogens with one attached hydrogen (secondary N) is 2. The van der Waals surface area contributed by atoms with Gasteiger partial charge in [-0.15, -0.1) is 11.8 Å². The van der Waals surface area contributed by atoms with Gasteiger partial charge in [0.2, 0.25) is 11.8 Å². The van der Waals surface area contributed by atoms with Gasteiger partial charge in [0.05, 0.1) is 17.1 Å². The van der Waals surface area contributed by atoms with Gasteiger partial charge in [0.1, 0.15) is 0 Å². The van der Waals surface area contributed by atoms with Gasteiger partial charge in [0.25, 0.3) is 0 Å². The highest BCUT2D eigenvalue weighted by Crippen LogP contribution is 2.30. The summed E-state index contributed by atoms with van der Waals surface area (Å²) in [6, 6.07) is 10.1.